The van der Waals surface area contributed by atoms with Gasteiger partial charge in [0.05, 0.1) is 12.8 Å². The summed E-state index contributed by atoms with van der Waals surface area (Å²) in [6.45, 7) is 1.02. The minimum absolute atomic E-state index is 0.163. The van der Waals surface area contributed by atoms with Crippen LogP contribution in [0.15, 0.2) is 77.4 Å². The van der Waals surface area contributed by atoms with Crippen molar-refractivity contribution in [2.75, 3.05) is 19.0 Å². The standard InChI is InChI=1S/C25H23BrClN3O2/c1-32-20-10-11-23-21(14-20)18(15-28-23)12-13-30(16-17-6-8-19(27)9-7-17)25(31)29-24-5-3-2-4-22(24)26/h2-11,14-15,28H,12-13,16H2,1H3,(H,29,31). The van der Waals surface area contributed by atoms with E-state index in [4.69, 9.17) is 16.3 Å². The molecule has 1 aromatic heterocycles. The molecule has 4 aromatic rings. The molecule has 0 radical (unpaired) electrons. The number of rotatable bonds is 7. The number of ether oxygens (including phenoxy) is 1. The van der Waals surface area contributed by atoms with Crippen molar-refractivity contribution in [2.24, 2.45) is 0 Å². The van der Waals surface area contributed by atoms with Crippen LogP contribution in [0.4, 0.5) is 10.5 Å². The molecule has 2 amide bonds. The lowest BCUT2D eigenvalue weighted by Gasteiger charge is -2.24. The first-order valence-electron chi connectivity index (χ1n) is 10.2. The van der Waals surface area contributed by atoms with Crippen LogP contribution in [0.3, 0.4) is 0 Å². The van der Waals surface area contributed by atoms with E-state index in [1.807, 2.05) is 77.8 Å². The van der Waals surface area contributed by atoms with E-state index in [1.54, 1.807) is 7.11 Å². The number of aromatic amines is 1. The van der Waals surface area contributed by atoms with Crippen molar-refractivity contribution >= 4 is 50.2 Å². The quantitative estimate of drug-likeness (QED) is 0.284. The number of anilines is 1. The third kappa shape index (κ3) is 5.26. The number of nitrogens with zero attached hydrogens (tertiary/aromatic N) is 1. The number of amides is 2. The van der Waals surface area contributed by atoms with Gasteiger partial charge in [-0.3, -0.25) is 0 Å². The highest BCUT2D eigenvalue weighted by molar-refractivity contribution is 9.10. The van der Waals surface area contributed by atoms with Gasteiger partial charge in [-0.2, -0.15) is 0 Å². The summed E-state index contributed by atoms with van der Waals surface area (Å²) in [4.78, 5) is 18.3. The lowest BCUT2D eigenvalue weighted by atomic mass is 10.1. The van der Waals surface area contributed by atoms with Crippen LogP contribution in [0.5, 0.6) is 5.75 Å². The van der Waals surface area contributed by atoms with Crippen LogP contribution in [0.1, 0.15) is 11.1 Å². The van der Waals surface area contributed by atoms with E-state index in [1.165, 1.54) is 0 Å². The van der Waals surface area contributed by atoms with Crippen molar-refractivity contribution in [3.63, 3.8) is 0 Å². The van der Waals surface area contributed by atoms with Crippen molar-refractivity contribution < 1.29 is 9.53 Å². The van der Waals surface area contributed by atoms with Gasteiger partial charge in [0.1, 0.15) is 5.75 Å². The van der Waals surface area contributed by atoms with Crippen LogP contribution >= 0.6 is 27.5 Å². The van der Waals surface area contributed by atoms with Crippen LogP contribution in [0.2, 0.25) is 5.02 Å². The Morgan fingerprint density at radius 3 is 2.66 bits per heavy atom. The Balaban J connectivity index is 1.55. The molecular formula is C25H23BrClN3O2. The molecule has 5 nitrogen and oxygen atoms in total. The van der Waals surface area contributed by atoms with Crippen LogP contribution in [0, 0.1) is 0 Å². The maximum atomic E-state index is 13.2. The normalized spacial score (nSPS) is 10.8. The van der Waals surface area contributed by atoms with E-state index in [2.05, 4.69) is 26.2 Å². The molecule has 0 saturated carbocycles. The lowest BCUT2D eigenvalue weighted by molar-refractivity contribution is 0.210. The topological polar surface area (TPSA) is 57.4 Å². The number of hydrogen-bond acceptors (Lipinski definition) is 2. The summed E-state index contributed by atoms with van der Waals surface area (Å²) >= 11 is 9.53. The van der Waals surface area contributed by atoms with Crippen LogP contribution in [0.25, 0.3) is 10.9 Å². The molecule has 0 aliphatic carbocycles. The van der Waals surface area contributed by atoms with Gasteiger partial charge in [-0.05, 0) is 75.9 Å². The highest BCUT2D eigenvalue weighted by atomic mass is 79.9. The molecule has 4 rings (SSSR count). The second-order valence-corrected chi connectivity index (χ2v) is 8.72. The zero-order valence-electron chi connectivity index (χ0n) is 17.6. The number of fused-ring (bicyclic) bond motifs is 1. The van der Waals surface area contributed by atoms with Gasteiger partial charge in [0.15, 0.2) is 0 Å². The van der Waals surface area contributed by atoms with Gasteiger partial charge in [-0.25, -0.2) is 4.79 Å². The summed E-state index contributed by atoms with van der Waals surface area (Å²) in [5.41, 5.74) is 3.92. The Labute approximate surface area is 200 Å². The van der Waals surface area contributed by atoms with Gasteiger partial charge in [0.25, 0.3) is 0 Å². The Hall–Kier alpha value is -2.96. The Kier molecular flexibility index (Phi) is 7.02. The second-order valence-electron chi connectivity index (χ2n) is 7.43. The van der Waals surface area contributed by atoms with Gasteiger partial charge in [-0.15, -0.1) is 0 Å². The molecule has 32 heavy (non-hydrogen) atoms. The first-order valence-corrected chi connectivity index (χ1v) is 11.4. The Morgan fingerprint density at radius 2 is 1.91 bits per heavy atom. The molecule has 0 unspecified atom stereocenters. The van der Waals surface area contributed by atoms with E-state index in [0.29, 0.717) is 24.5 Å². The number of para-hydroxylation sites is 1. The summed E-state index contributed by atoms with van der Waals surface area (Å²) in [6, 6.07) is 20.9. The predicted octanol–water partition coefficient (Wildman–Crippen LogP) is 6.87. The molecule has 164 valence electrons. The van der Waals surface area contributed by atoms with E-state index in [-0.39, 0.29) is 6.03 Å². The van der Waals surface area contributed by atoms with E-state index < -0.39 is 0 Å². The number of carbonyl (C=O) groups is 1. The smallest absolute Gasteiger partial charge is 0.322 e. The number of aromatic nitrogens is 1. The zero-order valence-corrected chi connectivity index (χ0v) is 19.9. The molecule has 0 saturated heterocycles. The molecule has 0 spiro atoms. The first kappa shape index (κ1) is 22.2. The van der Waals surface area contributed by atoms with Crippen molar-refractivity contribution in [2.45, 2.75) is 13.0 Å². The largest absolute Gasteiger partial charge is 0.497 e. The number of halogens is 2. The third-order valence-electron chi connectivity index (χ3n) is 5.32. The summed E-state index contributed by atoms with van der Waals surface area (Å²) in [5, 5.41) is 4.78. The van der Waals surface area contributed by atoms with Crippen molar-refractivity contribution in [3.05, 3.63) is 93.5 Å². The molecular weight excluding hydrogens is 490 g/mol. The fourth-order valence-electron chi connectivity index (χ4n) is 3.57. The molecule has 2 N–H and O–H groups in total. The average molecular weight is 513 g/mol. The monoisotopic (exact) mass is 511 g/mol. The molecule has 0 atom stereocenters. The molecule has 0 aliphatic heterocycles. The summed E-state index contributed by atoms with van der Waals surface area (Å²) < 4.78 is 6.21. The maximum absolute atomic E-state index is 13.2. The number of hydrogen-bond donors (Lipinski definition) is 2. The fraction of sp³-hybridized carbons (Fsp3) is 0.160. The summed E-state index contributed by atoms with van der Waals surface area (Å²) in [7, 11) is 1.66. The van der Waals surface area contributed by atoms with E-state index >= 15 is 0 Å². The number of benzene rings is 3. The summed E-state index contributed by atoms with van der Waals surface area (Å²) in [6.07, 6.45) is 2.69. The van der Waals surface area contributed by atoms with Crippen LogP contribution < -0.4 is 10.1 Å². The Morgan fingerprint density at radius 1 is 1.12 bits per heavy atom. The van der Waals surface area contributed by atoms with Gasteiger partial charge >= 0.3 is 6.03 Å². The minimum Gasteiger partial charge on any atom is -0.497 e. The molecule has 1 heterocycles. The van der Waals surface area contributed by atoms with Crippen molar-refractivity contribution in [3.8, 4) is 5.75 Å². The predicted molar refractivity (Wildman–Crippen MR) is 134 cm³/mol. The third-order valence-corrected chi connectivity index (χ3v) is 6.26. The summed E-state index contributed by atoms with van der Waals surface area (Å²) in [5.74, 6) is 0.808. The van der Waals surface area contributed by atoms with Crippen molar-refractivity contribution in [1.82, 2.24) is 9.88 Å². The highest BCUT2D eigenvalue weighted by Crippen LogP contribution is 2.25. The molecule has 3 aromatic carbocycles. The average Bonchev–Trinajstić information content (AvgIpc) is 3.21. The molecule has 0 fully saturated rings. The number of nitrogens with one attached hydrogen (secondary N) is 2. The number of urea groups is 1. The fourth-order valence-corrected chi connectivity index (χ4v) is 4.08. The molecule has 0 bridgehead atoms. The van der Waals surface area contributed by atoms with Crippen LogP contribution in [-0.2, 0) is 13.0 Å². The number of H-pyrrole nitrogens is 1. The Bertz CT molecular complexity index is 1220. The van der Waals surface area contributed by atoms with E-state index in [0.717, 1.165) is 37.9 Å². The molecule has 7 heteroatoms. The number of carbonyl (C=O) groups excluding carboxylic acids is 1. The van der Waals surface area contributed by atoms with Gasteiger partial charge < -0.3 is 19.9 Å². The van der Waals surface area contributed by atoms with Gasteiger partial charge in [0.2, 0.25) is 0 Å². The van der Waals surface area contributed by atoms with Gasteiger partial charge in [0, 0.05) is 39.7 Å². The van der Waals surface area contributed by atoms with Gasteiger partial charge in [-0.1, -0.05) is 35.9 Å². The maximum Gasteiger partial charge on any atom is 0.322 e. The SMILES string of the molecule is COc1ccc2[nH]cc(CCN(Cc3ccc(Cl)cc3)C(=O)Nc3ccccc3Br)c2c1. The minimum atomic E-state index is -0.163. The molecule has 0 aliphatic rings. The zero-order chi connectivity index (χ0) is 22.5. The first-order chi connectivity index (χ1) is 15.5. The van der Waals surface area contributed by atoms with E-state index in [9.17, 15) is 4.79 Å². The highest BCUT2D eigenvalue weighted by Gasteiger charge is 2.17. The van der Waals surface area contributed by atoms with Crippen molar-refractivity contribution in [1.29, 1.82) is 0 Å². The number of methoxy groups -OCH3 is 1. The van der Waals surface area contributed by atoms with Crippen LogP contribution in [-0.4, -0.2) is 29.6 Å². The lowest BCUT2D eigenvalue weighted by Crippen LogP contribution is -2.36. The second kappa shape index (κ2) is 10.1.